The number of nitrogens with zero attached hydrogens (tertiary/aromatic N) is 3. The highest BCUT2D eigenvalue weighted by molar-refractivity contribution is 7.99. The zero-order valence-corrected chi connectivity index (χ0v) is 16.5. The minimum absolute atomic E-state index is 0.0149. The second-order valence-corrected chi connectivity index (χ2v) is 6.57. The summed E-state index contributed by atoms with van der Waals surface area (Å²) in [6.45, 7) is -0.489. The molecule has 1 heterocycles. The van der Waals surface area contributed by atoms with E-state index in [1.54, 1.807) is 6.92 Å². The van der Waals surface area contributed by atoms with Gasteiger partial charge in [0, 0.05) is 18.5 Å². The SMILES string of the molecule is CCOC(=O)CCCNC(=O)CSc1nnc(-c2ccc(OC(F)F)cc2)n1N. The van der Waals surface area contributed by atoms with Crippen LogP contribution in [0.25, 0.3) is 11.4 Å². The molecule has 0 fully saturated rings. The van der Waals surface area contributed by atoms with Gasteiger partial charge in [0.15, 0.2) is 5.82 Å². The number of alkyl halides is 2. The molecular formula is C17H21F2N5O4S. The van der Waals surface area contributed by atoms with E-state index in [1.165, 1.54) is 28.9 Å². The van der Waals surface area contributed by atoms with Gasteiger partial charge < -0.3 is 20.6 Å². The van der Waals surface area contributed by atoms with E-state index in [0.717, 1.165) is 11.8 Å². The topological polar surface area (TPSA) is 121 Å². The summed E-state index contributed by atoms with van der Waals surface area (Å²) in [4.78, 5) is 23.1. The number of thioether (sulfide) groups is 1. The van der Waals surface area contributed by atoms with Crippen LogP contribution in [-0.2, 0) is 14.3 Å². The highest BCUT2D eigenvalue weighted by Gasteiger charge is 2.14. The molecule has 0 saturated heterocycles. The van der Waals surface area contributed by atoms with Gasteiger partial charge >= 0.3 is 12.6 Å². The maximum absolute atomic E-state index is 12.2. The smallest absolute Gasteiger partial charge is 0.387 e. The first-order valence-electron chi connectivity index (χ1n) is 8.71. The van der Waals surface area contributed by atoms with E-state index in [4.69, 9.17) is 10.6 Å². The molecule has 2 aromatic rings. The largest absolute Gasteiger partial charge is 0.466 e. The number of hydrogen-bond acceptors (Lipinski definition) is 8. The van der Waals surface area contributed by atoms with Gasteiger partial charge in [-0.2, -0.15) is 8.78 Å². The minimum Gasteiger partial charge on any atom is -0.466 e. The Morgan fingerprint density at radius 1 is 1.28 bits per heavy atom. The van der Waals surface area contributed by atoms with Gasteiger partial charge in [0.25, 0.3) is 0 Å². The number of carbonyl (C=O) groups is 2. The van der Waals surface area contributed by atoms with Crippen LogP contribution >= 0.6 is 11.8 Å². The van der Waals surface area contributed by atoms with E-state index in [1.807, 2.05) is 0 Å². The van der Waals surface area contributed by atoms with E-state index in [9.17, 15) is 18.4 Å². The fourth-order valence-electron chi connectivity index (χ4n) is 2.23. The third kappa shape index (κ3) is 7.22. The summed E-state index contributed by atoms with van der Waals surface area (Å²) < 4.78 is 34.7. The number of ether oxygens (including phenoxy) is 2. The molecule has 0 atom stereocenters. The molecule has 0 saturated carbocycles. The van der Waals surface area contributed by atoms with Crippen molar-refractivity contribution in [3.63, 3.8) is 0 Å². The molecule has 2 rings (SSSR count). The summed E-state index contributed by atoms with van der Waals surface area (Å²) >= 11 is 1.09. The Balaban J connectivity index is 1.82. The van der Waals surface area contributed by atoms with Crippen molar-refractivity contribution in [1.82, 2.24) is 20.2 Å². The molecule has 0 unspecified atom stereocenters. The Hall–Kier alpha value is -2.89. The average molecular weight is 429 g/mol. The van der Waals surface area contributed by atoms with E-state index >= 15 is 0 Å². The second kappa shape index (κ2) is 11.2. The summed E-state index contributed by atoms with van der Waals surface area (Å²) in [5.41, 5.74) is 0.553. The quantitative estimate of drug-likeness (QED) is 0.240. The molecule has 0 aliphatic carbocycles. The predicted octanol–water partition coefficient (Wildman–Crippen LogP) is 1.81. The first-order chi connectivity index (χ1) is 13.9. The number of rotatable bonds is 11. The molecule has 0 radical (unpaired) electrons. The number of carbonyl (C=O) groups excluding carboxylic acids is 2. The van der Waals surface area contributed by atoms with E-state index in [-0.39, 0.29) is 29.8 Å². The highest BCUT2D eigenvalue weighted by Crippen LogP contribution is 2.24. The van der Waals surface area contributed by atoms with Crippen LogP contribution in [0.3, 0.4) is 0 Å². The van der Waals surface area contributed by atoms with E-state index in [0.29, 0.717) is 36.1 Å². The summed E-state index contributed by atoms with van der Waals surface area (Å²) in [5, 5.41) is 10.9. The number of esters is 1. The van der Waals surface area contributed by atoms with Gasteiger partial charge in [-0.3, -0.25) is 9.59 Å². The Kier molecular flexibility index (Phi) is 8.65. The van der Waals surface area contributed by atoms with Gasteiger partial charge in [-0.25, -0.2) is 4.68 Å². The molecule has 0 bridgehead atoms. The number of nitrogens with two attached hydrogens (primary N) is 1. The van der Waals surface area contributed by atoms with Crippen molar-refractivity contribution in [2.75, 3.05) is 24.7 Å². The number of nitrogen functional groups attached to an aromatic ring is 1. The lowest BCUT2D eigenvalue weighted by atomic mass is 10.2. The standard InChI is InChI=1S/C17H21F2N5O4S/c1-2-27-14(26)4-3-9-21-13(25)10-29-17-23-22-15(24(17)20)11-5-7-12(8-6-11)28-16(18)19/h5-8,16H,2-4,9-10,20H2,1H3,(H,21,25). The van der Waals surface area contributed by atoms with Crippen LogP contribution in [0.15, 0.2) is 29.4 Å². The van der Waals surface area contributed by atoms with Crippen LogP contribution in [0, 0.1) is 0 Å². The van der Waals surface area contributed by atoms with E-state index < -0.39 is 6.61 Å². The Morgan fingerprint density at radius 2 is 2.00 bits per heavy atom. The number of halogens is 2. The van der Waals surface area contributed by atoms with Crippen LogP contribution < -0.4 is 15.9 Å². The van der Waals surface area contributed by atoms with Crippen LogP contribution in [0.5, 0.6) is 5.75 Å². The summed E-state index contributed by atoms with van der Waals surface area (Å²) in [5.74, 6) is 5.82. The van der Waals surface area contributed by atoms with Crippen LogP contribution in [0.4, 0.5) is 8.78 Å². The fourth-order valence-corrected chi connectivity index (χ4v) is 2.92. The predicted molar refractivity (Wildman–Crippen MR) is 102 cm³/mol. The lowest BCUT2D eigenvalue weighted by Gasteiger charge is -2.07. The molecule has 12 heteroatoms. The third-order valence-corrected chi connectivity index (χ3v) is 4.46. The van der Waals surface area contributed by atoms with Gasteiger partial charge in [-0.05, 0) is 37.6 Å². The Labute approximate surface area is 169 Å². The molecule has 0 aliphatic rings. The molecule has 0 aliphatic heterocycles. The fraction of sp³-hybridized carbons (Fsp3) is 0.412. The minimum atomic E-state index is -2.90. The zero-order chi connectivity index (χ0) is 21.2. The first kappa shape index (κ1) is 22.4. The molecule has 1 aromatic heterocycles. The third-order valence-electron chi connectivity index (χ3n) is 3.52. The maximum atomic E-state index is 12.2. The van der Waals surface area contributed by atoms with Crippen molar-refractivity contribution in [2.45, 2.75) is 31.5 Å². The Morgan fingerprint density at radius 3 is 2.66 bits per heavy atom. The molecular weight excluding hydrogens is 408 g/mol. The van der Waals surface area contributed by atoms with Gasteiger partial charge in [-0.1, -0.05) is 11.8 Å². The number of hydrogen-bond donors (Lipinski definition) is 2. The zero-order valence-electron chi connectivity index (χ0n) is 15.6. The van der Waals surface area contributed by atoms with Crippen molar-refractivity contribution in [1.29, 1.82) is 0 Å². The van der Waals surface area contributed by atoms with Crippen LogP contribution in [0.1, 0.15) is 19.8 Å². The van der Waals surface area contributed by atoms with Crippen LogP contribution in [-0.4, -0.2) is 52.3 Å². The van der Waals surface area contributed by atoms with Crippen molar-refractivity contribution < 1.29 is 27.8 Å². The van der Waals surface area contributed by atoms with Crippen molar-refractivity contribution in [2.24, 2.45) is 0 Å². The average Bonchev–Trinajstić information content (AvgIpc) is 3.04. The summed E-state index contributed by atoms with van der Waals surface area (Å²) in [7, 11) is 0. The van der Waals surface area contributed by atoms with E-state index in [2.05, 4.69) is 20.3 Å². The molecule has 9 nitrogen and oxygen atoms in total. The number of benzene rings is 1. The van der Waals surface area contributed by atoms with Gasteiger partial charge in [0.2, 0.25) is 11.1 Å². The van der Waals surface area contributed by atoms with Gasteiger partial charge in [-0.15, -0.1) is 10.2 Å². The maximum Gasteiger partial charge on any atom is 0.387 e. The highest BCUT2D eigenvalue weighted by atomic mass is 32.2. The molecule has 29 heavy (non-hydrogen) atoms. The van der Waals surface area contributed by atoms with Gasteiger partial charge in [0.1, 0.15) is 5.75 Å². The number of aromatic nitrogens is 3. The van der Waals surface area contributed by atoms with Crippen molar-refractivity contribution in [3.05, 3.63) is 24.3 Å². The molecule has 1 aromatic carbocycles. The second-order valence-electron chi connectivity index (χ2n) is 5.63. The molecule has 1 amide bonds. The normalized spacial score (nSPS) is 10.8. The number of nitrogens with one attached hydrogen (secondary N) is 1. The lowest BCUT2D eigenvalue weighted by molar-refractivity contribution is -0.143. The Bertz CT molecular complexity index is 817. The molecule has 3 N–H and O–H groups in total. The number of amides is 1. The van der Waals surface area contributed by atoms with Gasteiger partial charge in [0.05, 0.1) is 12.4 Å². The summed E-state index contributed by atoms with van der Waals surface area (Å²) in [6, 6.07) is 5.78. The van der Waals surface area contributed by atoms with Crippen molar-refractivity contribution in [3.8, 4) is 17.1 Å². The molecule has 158 valence electrons. The van der Waals surface area contributed by atoms with Crippen LogP contribution in [0.2, 0.25) is 0 Å². The van der Waals surface area contributed by atoms with Crippen molar-refractivity contribution >= 4 is 23.6 Å². The molecule has 0 spiro atoms. The monoisotopic (exact) mass is 429 g/mol. The lowest BCUT2D eigenvalue weighted by Crippen LogP contribution is -2.27. The summed E-state index contributed by atoms with van der Waals surface area (Å²) in [6.07, 6.45) is 0.723. The first-order valence-corrected chi connectivity index (χ1v) is 9.70.